The number of nitriles is 1. The summed E-state index contributed by atoms with van der Waals surface area (Å²) in [5.74, 6) is -0.229. The van der Waals surface area contributed by atoms with Gasteiger partial charge >= 0.3 is 0 Å². The SMILES string of the molecule is N#CCNC(=O)c1cccc(C2(N)CC2)c1. The fourth-order valence-corrected chi connectivity index (χ4v) is 1.62. The first kappa shape index (κ1) is 10.7. The molecule has 3 N–H and O–H groups in total. The van der Waals surface area contributed by atoms with Crippen molar-refractivity contribution in [2.45, 2.75) is 18.4 Å². The number of benzene rings is 1. The maximum atomic E-state index is 11.6. The molecule has 4 nitrogen and oxygen atoms in total. The highest BCUT2D eigenvalue weighted by atomic mass is 16.1. The predicted octanol–water partition coefficient (Wildman–Crippen LogP) is 0.888. The van der Waals surface area contributed by atoms with E-state index < -0.39 is 0 Å². The van der Waals surface area contributed by atoms with Crippen molar-refractivity contribution >= 4 is 5.91 Å². The molecule has 16 heavy (non-hydrogen) atoms. The van der Waals surface area contributed by atoms with Gasteiger partial charge in [-0.25, -0.2) is 0 Å². The van der Waals surface area contributed by atoms with Crippen LogP contribution in [0.3, 0.4) is 0 Å². The zero-order valence-corrected chi connectivity index (χ0v) is 8.86. The number of amides is 1. The van der Waals surface area contributed by atoms with E-state index in [-0.39, 0.29) is 18.0 Å². The van der Waals surface area contributed by atoms with Crippen LogP contribution in [0, 0.1) is 11.3 Å². The maximum Gasteiger partial charge on any atom is 0.252 e. The Morgan fingerprint density at radius 1 is 1.56 bits per heavy atom. The molecule has 0 heterocycles. The van der Waals surface area contributed by atoms with Gasteiger partial charge in [-0.05, 0) is 30.5 Å². The van der Waals surface area contributed by atoms with Crippen LogP contribution in [-0.2, 0) is 5.54 Å². The van der Waals surface area contributed by atoms with E-state index in [9.17, 15) is 4.79 Å². The first-order valence-electron chi connectivity index (χ1n) is 5.20. The number of carbonyl (C=O) groups is 1. The number of hydrogen-bond acceptors (Lipinski definition) is 3. The molecule has 0 bridgehead atoms. The third kappa shape index (κ3) is 2.05. The van der Waals surface area contributed by atoms with Crippen LogP contribution in [0.2, 0.25) is 0 Å². The van der Waals surface area contributed by atoms with Crippen LogP contribution >= 0.6 is 0 Å². The third-order valence-corrected chi connectivity index (χ3v) is 2.82. The van der Waals surface area contributed by atoms with Gasteiger partial charge in [0.05, 0.1) is 6.07 Å². The van der Waals surface area contributed by atoms with Gasteiger partial charge in [0.1, 0.15) is 6.54 Å². The lowest BCUT2D eigenvalue weighted by Gasteiger charge is -2.10. The van der Waals surface area contributed by atoms with Crippen molar-refractivity contribution in [1.29, 1.82) is 5.26 Å². The molecular weight excluding hydrogens is 202 g/mol. The zero-order chi connectivity index (χ0) is 11.6. The van der Waals surface area contributed by atoms with Gasteiger partial charge in [0.2, 0.25) is 0 Å². The average molecular weight is 215 g/mol. The Balaban J connectivity index is 2.16. The molecule has 1 aromatic rings. The van der Waals surface area contributed by atoms with Crippen LogP contribution in [0.25, 0.3) is 0 Å². The second-order valence-corrected chi connectivity index (χ2v) is 4.08. The number of nitrogens with one attached hydrogen (secondary N) is 1. The fourth-order valence-electron chi connectivity index (χ4n) is 1.62. The first-order valence-corrected chi connectivity index (χ1v) is 5.20. The molecule has 2 rings (SSSR count). The summed E-state index contributed by atoms with van der Waals surface area (Å²) in [4.78, 5) is 11.6. The van der Waals surface area contributed by atoms with Crippen molar-refractivity contribution in [3.63, 3.8) is 0 Å². The average Bonchev–Trinajstić information content (AvgIpc) is 3.06. The second-order valence-electron chi connectivity index (χ2n) is 4.08. The van der Waals surface area contributed by atoms with Crippen LogP contribution in [0.5, 0.6) is 0 Å². The lowest BCUT2D eigenvalue weighted by molar-refractivity contribution is 0.0958. The van der Waals surface area contributed by atoms with E-state index in [1.807, 2.05) is 18.2 Å². The van der Waals surface area contributed by atoms with Gasteiger partial charge in [0, 0.05) is 11.1 Å². The van der Waals surface area contributed by atoms with Crippen molar-refractivity contribution in [1.82, 2.24) is 5.32 Å². The van der Waals surface area contributed by atoms with Gasteiger partial charge < -0.3 is 11.1 Å². The maximum absolute atomic E-state index is 11.6. The van der Waals surface area contributed by atoms with Crippen LogP contribution in [0.1, 0.15) is 28.8 Å². The molecule has 1 amide bonds. The Morgan fingerprint density at radius 2 is 2.31 bits per heavy atom. The van der Waals surface area contributed by atoms with Crippen molar-refractivity contribution in [3.05, 3.63) is 35.4 Å². The Hall–Kier alpha value is -1.86. The van der Waals surface area contributed by atoms with Crippen molar-refractivity contribution < 1.29 is 4.79 Å². The van der Waals surface area contributed by atoms with Gasteiger partial charge in [-0.3, -0.25) is 4.79 Å². The summed E-state index contributed by atoms with van der Waals surface area (Å²) in [6.45, 7) is 0.0246. The molecule has 0 unspecified atom stereocenters. The summed E-state index contributed by atoms with van der Waals surface area (Å²) < 4.78 is 0. The van der Waals surface area contributed by atoms with Gasteiger partial charge in [-0.15, -0.1) is 0 Å². The van der Waals surface area contributed by atoms with Crippen LogP contribution in [0.4, 0.5) is 0 Å². The molecule has 1 aromatic carbocycles. The van der Waals surface area contributed by atoms with Crippen molar-refractivity contribution in [3.8, 4) is 6.07 Å². The summed E-state index contributed by atoms with van der Waals surface area (Å²) in [6.07, 6.45) is 1.94. The van der Waals surface area contributed by atoms with Crippen LogP contribution in [0.15, 0.2) is 24.3 Å². The first-order chi connectivity index (χ1) is 7.65. The standard InChI is InChI=1S/C12H13N3O/c13-6-7-15-11(16)9-2-1-3-10(8-9)12(14)4-5-12/h1-3,8H,4-5,7,14H2,(H,15,16). The van der Waals surface area contributed by atoms with E-state index in [4.69, 9.17) is 11.0 Å². The van der Waals surface area contributed by atoms with Crippen LogP contribution < -0.4 is 11.1 Å². The van der Waals surface area contributed by atoms with Gasteiger partial charge in [0.15, 0.2) is 0 Å². The van der Waals surface area contributed by atoms with E-state index in [0.29, 0.717) is 5.56 Å². The fraction of sp³-hybridized carbons (Fsp3) is 0.333. The minimum absolute atomic E-state index is 0.0246. The Labute approximate surface area is 94.1 Å². The molecule has 0 spiro atoms. The minimum atomic E-state index is -0.231. The number of nitrogens with zero attached hydrogens (tertiary/aromatic N) is 1. The van der Waals surface area contributed by atoms with Gasteiger partial charge in [-0.1, -0.05) is 12.1 Å². The molecule has 82 valence electrons. The van der Waals surface area contributed by atoms with Gasteiger partial charge in [0.25, 0.3) is 5.91 Å². The summed E-state index contributed by atoms with van der Waals surface area (Å²) in [7, 11) is 0. The zero-order valence-electron chi connectivity index (χ0n) is 8.86. The molecule has 1 saturated carbocycles. The van der Waals surface area contributed by atoms with Crippen molar-refractivity contribution in [2.75, 3.05) is 6.54 Å². The molecule has 0 radical (unpaired) electrons. The molecule has 0 aromatic heterocycles. The molecule has 1 aliphatic rings. The molecule has 1 fully saturated rings. The van der Waals surface area contributed by atoms with E-state index in [1.54, 1.807) is 12.1 Å². The molecule has 4 heteroatoms. The van der Waals surface area contributed by atoms with Gasteiger partial charge in [-0.2, -0.15) is 5.26 Å². The largest absolute Gasteiger partial charge is 0.339 e. The quantitative estimate of drug-likeness (QED) is 0.735. The summed E-state index contributed by atoms with van der Waals surface area (Å²) in [5.41, 5.74) is 7.38. The lowest BCUT2D eigenvalue weighted by atomic mass is 10.0. The number of rotatable bonds is 3. The predicted molar refractivity (Wildman–Crippen MR) is 59.5 cm³/mol. The normalized spacial score (nSPS) is 16.2. The number of nitrogens with two attached hydrogens (primary N) is 1. The Bertz CT molecular complexity index is 458. The van der Waals surface area contributed by atoms with E-state index >= 15 is 0 Å². The molecule has 1 aliphatic carbocycles. The Morgan fingerprint density at radius 3 is 2.94 bits per heavy atom. The number of hydrogen-bond donors (Lipinski definition) is 2. The highest BCUT2D eigenvalue weighted by molar-refractivity contribution is 5.94. The highest BCUT2D eigenvalue weighted by Gasteiger charge is 2.40. The third-order valence-electron chi connectivity index (χ3n) is 2.82. The Kier molecular flexibility index (Phi) is 2.63. The van der Waals surface area contributed by atoms with Crippen LogP contribution in [-0.4, -0.2) is 12.5 Å². The molecule has 0 aliphatic heterocycles. The molecular formula is C12H13N3O. The highest BCUT2D eigenvalue weighted by Crippen LogP contribution is 2.42. The lowest BCUT2D eigenvalue weighted by Crippen LogP contribution is -2.24. The summed E-state index contributed by atoms with van der Waals surface area (Å²) >= 11 is 0. The van der Waals surface area contributed by atoms with E-state index in [1.165, 1.54) is 0 Å². The monoisotopic (exact) mass is 215 g/mol. The second kappa shape index (κ2) is 3.95. The molecule has 0 saturated heterocycles. The molecule has 0 atom stereocenters. The van der Waals surface area contributed by atoms with E-state index in [0.717, 1.165) is 18.4 Å². The smallest absolute Gasteiger partial charge is 0.252 e. The summed E-state index contributed by atoms with van der Waals surface area (Å²) in [6, 6.07) is 9.16. The number of carbonyl (C=O) groups excluding carboxylic acids is 1. The van der Waals surface area contributed by atoms with E-state index in [2.05, 4.69) is 5.32 Å². The topological polar surface area (TPSA) is 78.9 Å². The van der Waals surface area contributed by atoms with Crippen molar-refractivity contribution in [2.24, 2.45) is 5.73 Å². The minimum Gasteiger partial charge on any atom is -0.339 e. The summed E-state index contributed by atoms with van der Waals surface area (Å²) in [5, 5.41) is 10.9.